The number of hydroxylamine groups is 2. The Morgan fingerprint density at radius 3 is 2.90 bits per heavy atom. The zero-order valence-corrected chi connectivity index (χ0v) is 12.7. The molecule has 2 amide bonds. The highest BCUT2D eigenvalue weighted by atomic mass is 32.1. The van der Waals surface area contributed by atoms with Crippen LogP contribution in [0.5, 0.6) is 0 Å². The van der Waals surface area contributed by atoms with Crippen LogP contribution in [0.25, 0.3) is 6.08 Å². The van der Waals surface area contributed by atoms with Crippen LogP contribution in [-0.2, 0) is 6.42 Å². The van der Waals surface area contributed by atoms with E-state index in [9.17, 15) is 10.0 Å². The third-order valence-corrected chi connectivity index (χ3v) is 4.69. The van der Waals surface area contributed by atoms with Gasteiger partial charge in [0.15, 0.2) is 0 Å². The maximum absolute atomic E-state index is 10.8. The van der Waals surface area contributed by atoms with Gasteiger partial charge in [0.2, 0.25) is 0 Å². The first kappa shape index (κ1) is 14.8. The fraction of sp³-hybridized carbons (Fsp3) is 0.214. The molecule has 2 rings (SSSR count). The van der Waals surface area contributed by atoms with Crippen molar-refractivity contribution in [3.63, 3.8) is 0 Å². The highest BCUT2D eigenvalue weighted by molar-refractivity contribution is 7.13. The summed E-state index contributed by atoms with van der Waals surface area (Å²) >= 11 is 3.45. The summed E-state index contributed by atoms with van der Waals surface area (Å²) in [5.41, 5.74) is 4.99. The number of carbonyl (C=O) groups excluding carboxylic acids is 1. The summed E-state index contributed by atoms with van der Waals surface area (Å²) in [7, 11) is 0. The Morgan fingerprint density at radius 1 is 1.45 bits per heavy atom. The van der Waals surface area contributed by atoms with Gasteiger partial charge in [-0.15, -0.1) is 22.7 Å². The Balaban J connectivity index is 1.97. The van der Waals surface area contributed by atoms with Gasteiger partial charge in [0.05, 0.1) is 6.04 Å². The van der Waals surface area contributed by atoms with Crippen LogP contribution >= 0.6 is 22.7 Å². The first-order valence-corrected chi connectivity index (χ1v) is 7.82. The van der Waals surface area contributed by atoms with Crippen LogP contribution in [0.2, 0.25) is 0 Å². The van der Waals surface area contributed by atoms with E-state index < -0.39 is 12.1 Å². The largest absolute Gasteiger partial charge is 0.350 e. The van der Waals surface area contributed by atoms with Gasteiger partial charge in [0, 0.05) is 21.1 Å². The number of amides is 2. The Labute approximate surface area is 125 Å². The minimum Gasteiger partial charge on any atom is -0.350 e. The Bertz CT molecular complexity index is 590. The number of primary amides is 1. The van der Waals surface area contributed by atoms with Crippen molar-refractivity contribution < 1.29 is 10.0 Å². The Morgan fingerprint density at radius 2 is 2.25 bits per heavy atom. The van der Waals surface area contributed by atoms with E-state index in [1.165, 1.54) is 9.75 Å². The summed E-state index contributed by atoms with van der Waals surface area (Å²) in [6.45, 7) is 1.70. The number of rotatable bonds is 5. The fourth-order valence-electron chi connectivity index (χ4n) is 1.68. The molecule has 0 aliphatic heterocycles. The molecule has 20 heavy (non-hydrogen) atoms. The highest BCUT2D eigenvalue weighted by Crippen LogP contribution is 2.23. The number of urea groups is 1. The molecule has 0 aromatic carbocycles. The fourth-order valence-corrected chi connectivity index (χ4v) is 3.45. The molecule has 106 valence electrons. The lowest BCUT2D eigenvalue weighted by Gasteiger charge is -2.16. The molecular formula is C14H16N2O2S2. The molecule has 2 aromatic rings. The standard InChI is InChI=1S/C14H16N2O2S2/c1-10(16(18)14(15)17)4-5-11-6-7-13(20-11)9-12-3-2-8-19-12/h2-8,10,18H,9H2,1H3,(H2,15,17)/b5-4-. The predicted octanol–water partition coefficient (Wildman–Crippen LogP) is 3.57. The van der Waals surface area contributed by atoms with Crippen LogP contribution in [0.1, 0.15) is 21.6 Å². The summed E-state index contributed by atoms with van der Waals surface area (Å²) < 4.78 is 0. The number of hydrogen-bond acceptors (Lipinski definition) is 4. The molecule has 0 saturated heterocycles. The van der Waals surface area contributed by atoms with Gasteiger partial charge in [-0.2, -0.15) is 5.06 Å². The molecule has 2 heterocycles. The van der Waals surface area contributed by atoms with E-state index in [0.717, 1.165) is 11.3 Å². The topological polar surface area (TPSA) is 66.6 Å². The second-order valence-corrected chi connectivity index (χ2v) is 6.57. The number of nitrogens with zero attached hydrogens (tertiary/aromatic N) is 1. The number of carbonyl (C=O) groups is 1. The second-order valence-electron chi connectivity index (χ2n) is 4.34. The van der Waals surface area contributed by atoms with E-state index in [0.29, 0.717) is 5.06 Å². The predicted molar refractivity (Wildman–Crippen MR) is 83.1 cm³/mol. The SMILES string of the molecule is CC(/C=C\c1ccc(Cc2cccs2)s1)N(O)C(N)=O. The van der Waals surface area contributed by atoms with Gasteiger partial charge in [-0.1, -0.05) is 12.1 Å². The zero-order valence-electron chi connectivity index (χ0n) is 11.0. The van der Waals surface area contributed by atoms with Crippen LogP contribution in [-0.4, -0.2) is 22.3 Å². The van der Waals surface area contributed by atoms with E-state index in [-0.39, 0.29) is 0 Å². The van der Waals surface area contributed by atoms with Crippen molar-refractivity contribution in [2.75, 3.05) is 0 Å². The third kappa shape index (κ3) is 3.93. The number of nitrogens with two attached hydrogens (primary N) is 1. The van der Waals surface area contributed by atoms with E-state index >= 15 is 0 Å². The van der Waals surface area contributed by atoms with Gasteiger partial charge < -0.3 is 5.73 Å². The van der Waals surface area contributed by atoms with Gasteiger partial charge in [0.25, 0.3) is 0 Å². The summed E-state index contributed by atoms with van der Waals surface area (Å²) in [6.07, 6.45) is 4.57. The molecule has 0 bridgehead atoms. The molecule has 0 spiro atoms. The average molecular weight is 308 g/mol. The van der Waals surface area contributed by atoms with Gasteiger partial charge in [0.1, 0.15) is 0 Å². The highest BCUT2D eigenvalue weighted by Gasteiger charge is 2.11. The summed E-state index contributed by atoms with van der Waals surface area (Å²) in [5.74, 6) is 0. The molecular weight excluding hydrogens is 292 g/mol. The molecule has 1 atom stereocenters. The summed E-state index contributed by atoms with van der Waals surface area (Å²) in [6, 6.07) is 7.00. The molecule has 4 nitrogen and oxygen atoms in total. The molecule has 3 N–H and O–H groups in total. The minimum atomic E-state index is -0.855. The molecule has 6 heteroatoms. The second kappa shape index (κ2) is 6.69. The van der Waals surface area contributed by atoms with Crippen molar-refractivity contribution in [2.24, 2.45) is 5.73 Å². The number of hydrogen-bond donors (Lipinski definition) is 2. The number of thiophene rings is 2. The van der Waals surface area contributed by atoms with Gasteiger partial charge in [-0.25, -0.2) is 4.79 Å². The van der Waals surface area contributed by atoms with Crippen molar-refractivity contribution in [1.82, 2.24) is 5.06 Å². The first-order chi connectivity index (χ1) is 9.56. The van der Waals surface area contributed by atoms with Gasteiger partial charge >= 0.3 is 6.03 Å². The zero-order chi connectivity index (χ0) is 14.5. The van der Waals surface area contributed by atoms with Crippen LogP contribution in [0.4, 0.5) is 4.79 Å². The van der Waals surface area contributed by atoms with Crippen LogP contribution < -0.4 is 5.73 Å². The van der Waals surface area contributed by atoms with Crippen molar-refractivity contribution in [3.05, 3.63) is 50.4 Å². The third-order valence-electron chi connectivity index (χ3n) is 2.76. The van der Waals surface area contributed by atoms with Crippen molar-refractivity contribution in [1.29, 1.82) is 0 Å². The molecule has 0 saturated carbocycles. The first-order valence-electron chi connectivity index (χ1n) is 6.13. The molecule has 0 radical (unpaired) electrons. The van der Waals surface area contributed by atoms with Crippen LogP contribution in [0.15, 0.2) is 35.7 Å². The van der Waals surface area contributed by atoms with Gasteiger partial charge in [-0.05, 0) is 36.6 Å². The van der Waals surface area contributed by atoms with Crippen LogP contribution in [0.3, 0.4) is 0 Å². The van der Waals surface area contributed by atoms with E-state index in [4.69, 9.17) is 5.73 Å². The maximum Gasteiger partial charge on any atom is 0.339 e. The minimum absolute atomic E-state index is 0.449. The van der Waals surface area contributed by atoms with E-state index in [2.05, 4.69) is 23.6 Å². The normalized spacial score (nSPS) is 12.7. The summed E-state index contributed by atoms with van der Waals surface area (Å²) in [4.78, 5) is 14.5. The van der Waals surface area contributed by atoms with Gasteiger partial charge in [-0.3, -0.25) is 5.21 Å². The summed E-state index contributed by atoms with van der Waals surface area (Å²) in [5, 5.41) is 11.9. The molecule has 0 aliphatic carbocycles. The average Bonchev–Trinajstić information content (AvgIpc) is 3.07. The molecule has 1 unspecified atom stereocenters. The lowest BCUT2D eigenvalue weighted by atomic mass is 10.2. The lowest BCUT2D eigenvalue weighted by Crippen LogP contribution is -2.38. The monoisotopic (exact) mass is 308 g/mol. The molecule has 2 aromatic heterocycles. The molecule has 0 fully saturated rings. The van der Waals surface area contributed by atoms with E-state index in [1.807, 2.05) is 12.1 Å². The van der Waals surface area contributed by atoms with Crippen molar-refractivity contribution in [3.8, 4) is 0 Å². The smallest absolute Gasteiger partial charge is 0.339 e. The lowest BCUT2D eigenvalue weighted by molar-refractivity contribution is -0.0560. The van der Waals surface area contributed by atoms with Crippen LogP contribution in [0, 0.1) is 0 Å². The quantitative estimate of drug-likeness (QED) is 0.655. The maximum atomic E-state index is 10.8. The van der Waals surface area contributed by atoms with Crippen molar-refractivity contribution in [2.45, 2.75) is 19.4 Å². The van der Waals surface area contributed by atoms with Crippen molar-refractivity contribution >= 4 is 34.8 Å². The van der Waals surface area contributed by atoms with E-state index in [1.54, 1.807) is 35.7 Å². The Kier molecular flexibility index (Phi) is 4.94. The molecule has 0 aliphatic rings. The Hall–Kier alpha value is -1.63.